The van der Waals surface area contributed by atoms with Crippen LogP contribution < -0.4 is 10.1 Å². The Labute approximate surface area is 209 Å². The van der Waals surface area contributed by atoms with E-state index in [9.17, 15) is 22.9 Å². The van der Waals surface area contributed by atoms with Crippen molar-refractivity contribution in [2.75, 3.05) is 31.5 Å². The van der Waals surface area contributed by atoms with Crippen LogP contribution in [0.1, 0.15) is 16.7 Å². The highest BCUT2D eigenvalue weighted by atomic mass is 32.2. The zero-order chi connectivity index (χ0) is 25.9. The molecule has 0 spiro atoms. The molecular formula is C26H25FN4O4S. The molecule has 4 rings (SSSR count). The van der Waals surface area contributed by atoms with E-state index in [-0.39, 0.29) is 42.4 Å². The maximum Gasteiger partial charge on any atom is 0.321 e. The van der Waals surface area contributed by atoms with Gasteiger partial charge in [-0.05, 0) is 73.5 Å². The van der Waals surface area contributed by atoms with Gasteiger partial charge in [-0.1, -0.05) is 12.1 Å². The van der Waals surface area contributed by atoms with Crippen LogP contribution in [-0.2, 0) is 10.0 Å². The number of rotatable bonds is 5. The molecule has 0 atom stereocenters. The van der Waals surface area contributed by atoms with Gasteiger partial charge in [0, 0.05) is 31.9 Å². The number of aryl methyl sites for hydroxylation is 2. The highest BCUT2D eigenvalue weighted by Crippen LogP contribution is 2.33. The number of halogens is 1. The minimum Gasteiger partial charge on any atom is -0.456 e. The van der Waals surface area contributed by atoms with Gasteiger partial charge in [-0.3, -0.25) is 0 Å². The molecule has 3 aromatic carbocycles. The van der Waals surface area contributed by atoms with E-state index in [1.165, 1.54) is 45.6 Å². The van der Waals surface area contributed by atoms with Crippen LogP contribution in [-0.4, -0.2) is 49.8 Å². The summed E-state index contributed by atoms with van der Waals surface area (Å²) in [5, 5.41) is 12.0. The van der Waals surface area contributed by atoms with Gasteiger partial charge in [0.2, 0.25) is 10.0 Å². The Balaban J connectivity index is 1.52. The van der Waals surface area contributed by atoms with Gasteiger partial charge in [0.25, 0.3) is 0 Å². The number of carbonyl (C=O) groups is 1. The van der Waals surface area contributed by atoms with E-state index in [1.807, 2.05) is 26.0 Å². The predicted octanol–water partition coefficient (Wildman–Crippen LogP) is 4.64. The van der Waals surface area contributed by atoms with Gasteiger partial charge in [-0.15, -0.1) is 0 Å². The lowest BCUT2D eigenvalue weighted by molar-refractivity contribution is 0.184. The highest BCUT2D eigenvalue weighted by Gasteiger charge is 2.33. The molecule has 0 aromatic heterocycles. The monoisotopic (exact) mass is 508 g/mol. The van der Waals surface area contributed by atoms with Gasteiger partial charge in [0.1, 0.15) is 22.2 Å². The van der Waals surface area contributed by atoms with Crippen molar-refractivity contribution in [2.24, 2.45) is 0 Å². The average Bonchev–Trinajstić information content (AvgIpc) is 2.83. The van der Waals surface area contributed by atoms with Crippen molar-refractivity contribution in [2.45, 2.75) is 18.7 Å². The maximum atomic E-state index is 13.6. The van der Waals surface area contributed by atoms with Gasteiger partial charge in [-0.25, -0.2) is 17.6 Å². The van der Waals surface area contributed by atoms with Crippen LogP contribution in [0.15, 0.2) is 65.6 Å². The second kappa shape index (κ2) is 10.4. The standard InChI is InChI=1S/C26H25FN4O4S/c1-18-12-19(2)14-23(13-18)35-24-7-6-20(17-28)15-25(24)36(33,34)31-10-8-30(9-11-31)26(32)29-22-5-3-4-21(27)16-22/h3-7,12-16H,8-11H2,1-2H3,(H,29,32). The largest absolute Gasteiger partial charge is 0.456 e. The van der Waals surface area contributed by atoms with E-state index in [0.717, 1.165) is 11.1 Å². The Hall–Kier alpha value is -3.94. The average molecular weight is 509 g/mol. The first kappa shape index (κ1) is 25.2. The number of sulfonamides is 1. The van der Waals surface area contributed by atoms with Crippen LogP contribution in [0.4, 0.5) is 14.9 Å². The first-order chi connectivity index (χ1) is 17.2. The molecule has 0 bridgehead atoms. The van der Waals surface area contributed by atoms with E-state index in [2.05, 4.69) is 5.32 Å². The number of nitrogens with one attached hydrogen (secondary N) is 1. The molecule has 36 heavy (non-hydrogen) atoms. The molecule has 0 radical (unpaired) electrons. The Kier molecular flexibility index (Phi) is 7.24. The van der Waals surface area contributed by atoms with Crippen molar-refractivity contribution in [1.29, 1.82) is 5.26 Å². The molecule has 1 heterocycles. The quantitative estimate of drug-likeness (QED) is 0.541. The third-order valence-electron chi connectivity index (χ3n) is 5.72. The van der Waals surface area contributed by atoms with Crippen molar-refractivity contribution in [3.05, 3.63) is 83.2 Å². The molecule has 1 aliphatic heterocycles. The molecule has 0 unspecified atom stereocenters. The normalized spacial score (nSPS) is 14.2. The van der Waals surface area contributed by atoms with Crippen LogP contribution in [0.3, 0.4) is 0 Å². The predicted molar refractivity (Wildman–Crippen MR) is 133 cm³/mol. The number of nitrogens with zero attached hydrogens (tertiary/aromatic N) is 3. The summed E-state index contributed by atoms with van der Waals surface area (Å²) in [7, 11) is -4.03. The van der Waals surface area contributed by atoms with Gasteiger partial charge in [0.15, 0.2) is 0 Å². The van der Waals surface area contributed by atoms with E-state index < -0.39 is 21.9 Å². The van der Waals surface area contributed by atoms with E-state index >= 15 is 0 Å². The Morgan fingerprint density at radius 1 is 1.00 bits per heavy atom. The van der Waals surface area contributed by atoms with E-state index in [1.54, 1.807) is 18.2 Å². The number of nitriles is 1. The fraction of sp³-hybridized carbons (Fsp3) is 0.231. The molecule has 0 aliphatic carbocycles. The first-order valence-corrected chi connectivity index (χ1v) is 12.7. The second-order valence-corrected chi connectivity index (χ2v) is 10.4. The number of amides is 2. The zero-order valence-corrected chi connectivity index (χ0v) is 20.7. The Morgan fingerprint density at radius 2 is 1.69 bits per heavy atom. The first-order valence-electron chi connectivity index (χ1n) is 11.3. The topological polar surface area (TPSA) is 103 Å². The smallest absolute Gasteiger partial charge is 0.321 e. The summed E-state index contributed by atoms with van der Waals surface area (Å²) in [6, 6.07) is 16.9. The molecule has 186 valence electrons. The molecular weight excluding hydrogens is 483 g/mol. The molecule has 10 heteroatoms. The van der Waals surface area contributed by atoms with Crippen molar-refractivity contribution in [3.63, 3.8) is 0 Å². The lowest BCUT2D eigenvalue weighted by Gasteiger charge is -2.34. The number of hydrogen-bond donors (Lipinski definition) is 1. The molecule has 0 saturated carbocycles. The number of urea groups is 1. The fourth-order valence-electron chi connectivity index (χ4n) is 4.02. The minimum atomic E-state index is -4.03. The van der Waals surface area contributed by atoms with Gasteiger partial charge in [0.05, 0.1) is 11.6 Å². The molecule has 1 aliphatic rings. The third kappa shape index (κ3) is 5.64. The van der Waals surface area contributed by atoms with Gasteiger partial charge >= 0.3 is 6.03 Å². The summed E-state index contributed by atoms with van der Waals surface area (Å²) in [4.78, 5) is 13.9. The SMILES string of the molecule is Cc1cc(C)cc(Oc2ccc(C#N)cc2S(=O)(=O)N2CCN(C(=O)Nc3cccc(F)c3)CC2)c1. The van der Waals surface area contributed by atoms with Crippen LogP contribution in [0, 0.1) is 31.0 Å². The summed E-state index contributed by atoms with van der Waals surface area (Å²) >= 11 is 0. The maximum absolute atomic E-state index is 13.6. The third-order valence-corrected chi connectivity index (χ3v) is 7.64. The van der Waals surface area contributed by atoms with Crippen LogP contribution in [0.2, 0.25) is 0 Å². The Morgan fingerprint density at radius 3 is 2.33 bits per heavy atom. The van der Waals surface area contributed by atoms with Crippen molar-refractivity contribution in [1.82, 2.24) is 9.21 Å². The number of hydrogen-bond acceptors (Lipinski definition) is 5. The summed E-state index contributed by atoms with van der Waals surface area (Å²) in [5.74, 6) is 0.139. The molecule has 8 nitrogen and oxygen atoms in total. The van der Waals surface area contributed by atoms with Gasteiger partial charge < -0.3 is 15.0 Å². The highest BCUT2D eigenvalue weighted by molar-refractivity contribution is 7.89. The number of benzene rings is 3. The minimum absolute atomic E-state index is 0.0542. The number of anilines is 1. The lowest BCUT2D eigenvalue weighted by Crippen LogP contribution is -2.51. The summed E-state index contributed by atoms with van der Waals surface area (Å²) in [5.41, 5.74) is 2.44. The fourth-order valence-corrected chi connectivity index (χ4v) is 5.58. The summed E-state index contributed by atoms with van der Waals surface area (Å²) < 4.78 is 47.8. The van der Waals surface area contributed by atoms with Crippen molar-refractivity contribution < 1.29 is 22.3 Å². The summed E-state index contributed by atoms with van der Waals surface area (Å²) in [6.45, 7) is 4.23. The molecule has 1 saturated heterocycles. The van der Waals surface area contributed by atoms with Crippen LogP contribution >= 0.6 is 0 Å². The number of piperazine rings is 1. The summed E-state index contributed by atoms with van der Waals surface area (Å²) in [6.07, 6.45) is 0. The number of ether oxygens (including phenoxy) is 1. The molecule has 1 fully saturated rings. The second-order valence-electron chi connectivity index (χ2n) is 8.53. The van der Waals surface area contributed by atoms with Crippen LogP contribution in [0.25, 0.3) is 0 Å². The van der Waals surface area contributed by atoms with E-state index in [0.29, 0.717) is 11.4 Å². The van der Waals surface area contributed by atoms with Crippen molar-refractivity contribution in [3.8, 4) is 17.6 Å². The van der Waals surface area contributed by atoms with Crippen molar-refractivity contribution >= 4 is 21.7 Å². The molecule has 3 aromatic rings. The van der Waals surface area contributed by atoms with Gasteiger partial charge in [-0.2, -0.15) is 9.57 Å². The Bertz CT molecular complexity index is 1420. The number of carbonyl (C=O) groups excluding carboxylic acids is 1. The lowest BCUT2D eigenvalue weighted by atomic mass is 10.1. The molecule has 1 N–H and O–H groups in total. The zero-order valence-electron chi connectivity index (χ0n) is 19.9. The van der Waals surface area contributed by atoms with Crippen LogP contribution in [0.5, 0.6) is 11.5 Å². The molecule has 2 amide bonds. The van der Waals surface area contributed by atoms with E-state index in [4.69, 9.17) is 4.74 Å².